The monoisotopic (exact) mass is 263 g/mol. The quantitative estimate of drug-likeness (QED) is 0.790. The summed E-state index contributed by atoms with van der Waals surface area (Å²) in [7, 11) is 0. The van der Waals surface area contributed by atoms with Crippen LogP contribution in [0.1, 0.15) is 52.0 Å². The van der Waals surface area contributed by atoms with Crippen molar-refractivity contribution < 1.29 is 4.39 Å². The van der Waals surface area contributed by atoms with Crippen molar-refractivity contribution in [1.82, 2.24) is 9.55 Å². The van der Waals surface area contributed by atoms with Crippen LogP contribution in [0.25, 0.3) is 11.0 Å². The fourth-order valence-electron chi connectivity index (χ4n) is 2.56. The molecule has 0 fully saturated rings. The Morgan fingerprint density at radius 2 is 2.11 bits per heavy atom. The minimum Gasteiger partial charge on any atom is -0.369 e. The minimum atomic E-state index is -0.305. The van der Waals surface area contributed by atoms with Crippen molar-refractivity contribution in [2.75, 3.05) is 5.73 Å². The van der Waals surface area contributed by atoms with Gasteiger partial charge in [-0.3, -0.25) is 0 Å². The van der Waals surface area contributed by atoms with Crippen LogP contribution >= 0.6 is 0 Å². The molecule has 1 heterocycles. The number of hydrogen-bond donors (Lipinski definition) is 1. The lowest BCUT2D eigenvalue weighted by molar-refractivity contribution is 0.486. The molecule has 0 aliphatic rings. The first kappa shape index (κ1) is 13.8. The molecule has 0 bridgehead atoms. The van der Waals surface area contributed by atoms with Gasteiger partial charge in [0.25, 0.3) is 0 Å². The van der Waals surface area contributed by atoms with Gasteiger partial charge in [-0.25, -0.2) is 9.37 Å². The van der Waals surface area contributed by atoms with Crippen molar-refractivity contribution in [3.05, 3.63) is 24.0 Å². The molecule has 2 N–H and O–H groups in total. The summed E-state index contributed by atoms with van der Waals surface area (Å²) in [5.74, 6) is 0.101. The third kappa shape index (κ3) is 2.88. The summed E-state index contributed by atoms with van der Waals surface area (Å²) >= 11 is 0. The molecule has 1 unspecified atom stereocenters. The summed E-state index contributed by atoms with van der Waals surface area (Å²) in [6, 6.07) is 5.26. The van der Waals surface area contributed by atoms with Gasteiger partial charge in [-0.2, -0.15) is 0 Å². The Hall–Kier alpha value is -1.58. The van der Waals surface area contributed by atoms with Gasteiger partial charge in [0.2, 0.25) is 5.95 Å². The predicted molar refractivity (Wildman–Crippen MR) is 77.6 cm³/mol. The zero-order valence-electron chi connectivity index (χ0n) is 11.7. The molecule has 3 nitrogen and oxygen atoms in total. The first-order valence-corrected chi connectivity index (χ1v) is 7.07. The van der Waals surface area contributed by atoms with Crippen molar-refractivity contribution in [3.63, 3.8) is 0 Å². The van der Waals surface area contributed by atoms with E-state index in [1.54, 1.807) is 6.07 Å². The number of anilines is 1. The molecule has 4 heteroatoms. The van der Waals surface area contributed by atoms with Crippen LogP contribution in [0, 0.1) is 5.82 Å². The summed E-state index contributed by atoms with van der Waals surface area (Å²) in [5.41, 5.74) is 7.11. The van der Waals surface area contributed by atoms with E-state index in [0.717, 1.165) is 11.9 Å². The molecule has 0 aliphatic heterocycles. The van der Waals surface area contributed by atoms with Gasteiger partial charge in [0.05, 0.1) is 5.52 Å². The van der Waals surface area contributed by atoms with E-state index in [9.17, 15) is 4.39 Å². The van der Waals surface area contributed by atoms with Crippen molar-refractivity contribution in [2.24, 2.45) is 0 Å². The molecule has 0 radical (unpaired) electrons. The fraction of sp³-hybridized carbons (Fsp3) is 0.533. The zero-order chi connectivity index (χ0) is 13.8. The second-order valence-corrected chi connectivity index (χ2v) is 5.15. The van der Waals surface area contributed by atoms with Gasteiger partial charge in [0.15, 0.2) is 5.82 Å². The van der Waals surface area contributed by atoms with Gasteiger partial charge in [-0.05, 0) is 25.5 Å². The molecule has 104 valence electrons. The lowest BCUT2D eigenvalue weighted by Gasteiger charge is -2.15. The van der Waals surface area contributed by atoms with Crippen molar-refractivity contribution in [2.45, 2.75) is 52.0 Å². The van der Waals surface area contributed by atoms with Crippen LogP contribution in [0.2, 0.25) is 0 Å². The van der Waals surface area contributed by atoms with E-state index in [0.29, 0.717) is 11.5 Å². The second-order valence-electron chi connectivity index (χ2n) is 5.15. The first-order chi connectivity index (χ1) is 9.15. The van der Waals surface area contributed by atoms with Crippen LogP contribution < -0.4 is 5.73 Å². The van der Waals surface area contributed by atoms with Crippen LogP contribution in [0.5, 0.6) is 0 Å². The van der Waals surface area contributed by atoms with Gasteiger partial charge in [-0.1, -0.05) is 38.7 Å². The lowest BCUT2D eigenvalue weighted by Crippen LogP contribution is -2.08. The van der Waals surface area contributed by atoms with E-state index in [-0.39, 0.29) is 11.9 Å². The number of rotatable bonds is 6. The predicted octanol–water partition coefficient (Wildman–Crippen LogP) is 4.29. The first-order valence-electron chi connectivity index (χ1n) is 7.07. The topological polar surface area (TPSA) is 43.8 Å². The number of halogens is 1. The maximum atomic E-state index is 13.7. The summed E-state index contributed by atoms with van der Waals surface area (Å²) in [6.45, 7) is 4.32. The Bertz CT molecular complexity index is 548. The van der Waals surface area contributed by atoms with E-state index >= 15 is 0 Å². The van der Waals surface area contributed by atoms with E-state index in [1.807, 2.05) is 10.6 Å². The molecule has 0 saturated carbocycles. The molecule has 0 spiro atoms. The number of fused-ring (bicyclic) bond motifs is 1. The van der Waals surface area contributed by atoms with E-state index in [4.69, 9.17) is 5.73 Å². The molecule has 1 atom stereocenters. The van der Waals surface area contributed by atoms with Crippen LogP contribution in [0.3, 0.4) is 0 Å². The number of unbranched alkanes of at least 4 members (excludes halogenated alkanes) is 3. The molecule has 0 aliphatic carbocycles. The van der Waals surface area contributed by atoms with Gasteiger partial charge in [0.1, 0.15) is 5.52 Å². The third-order valence-corrected chi connectivity index (χ3v) is 3.61. The van der Waals surface area contributed by atoms with Gasteiger partial charge >= 0.3 is 0 Å². The van der Waals surface area contributed by atoms with Gasteiger partial charge < -0.3 is 10.3 Å². The van der Waals surface area contributed by atoms with Crippen LogP contribution in [-0.2, 0) is 0 Å². The Morgan fingerprint density at radius 3 is 2.84 bits per heavy atom. The largest absolute Gasteiger partial charge is 0.369 e. The summed E-state index contributed by atoms with van der Waals surface area (Å²) < 4.78 is 15.6. The molecule has 2 rings (SSSR count). The highest BCUT2D eigenvalue weighted by molar-refractivity contribution is 5.79. The lowest BCUT2D eigenvalue weighted by atomic mass is 10.1. The molecule has 1 aromatic carbocycles. The number of hydrogen-bond acceptors (Lipinski definition) is 2. The minimum absolute atomic E-state index is 0.253. The third-order valence-electron chi connectivity index (χ3n) is 3.61. The molecule has 19 heavy (non-hydrogen) atoms. The van der Waals surface area contributed by atoms with E-state index in [1.165, 1.54) is 31.7 Å². The highest BCUT2D eigenvalue weighted by atomic mass is 19.1. The fourth-order valence-corrected chi connectivity index (χ4v) is 2.56. The number of nitrogens with two attached hydrogens (primary N) is 1. The van der Waals surface area contributed by atoms with Crippen LogP contribution in [-0.4, -0.2) is 9.55 Å². The van der Waals surface area contributed by atoms with Crippen LogP contribution in [0.15, 0.2) is 18.2 Å². The number of imidazole rings is 1. The average Bonchev–Trinajstić information content (AvgIpc) is 2.72. The standard InChI is InChI=1S/C15H22FN3/c1-3-4-5-6-8-11(2)19-13-10-7-9-12(16)14(13)18-15(19)17/h7,9-11H,3-6,8H2,1-2H3,(H2,17,18). The summed E-state index contributed by atoms with van der Waals surface area (Å²) in [6.07, 6.45) is 5.95. The van der Waals surface area contributed by atoms with E-state index in [2.05, 4.69) is 18.8 Å². The number of aromatic nitrogens is 2. The van der Waals surface area contributed by atoms with Crippen molar-refractivity contribution >= 4 is 17.0 Å². The number of nitrogens with zero attached hydrogens (tertiary/aromatic N) is 2. The maximum absolute atomic E-state index is 13.7. The molecular weight excluding hydrogens is 241 g/mol. The van der Waals surface area contributed by atoms with Crippen molar-refractivity contribution in [3.8, 4) is 0 Å². The zero-order valence-corrected chi connectivity index (χ0v) is 11.7. The SMILES string of the molecule is CCCCCCC(C)n1c(N)nc2c(F)cccc21. The summed E-state index contributed by atoms with van der Waals surface area (Å²) in [5, 5.41) is 0. The van der Waals surface area contributed by atoms with Gasteiger partial charge in [-0.15, -0.1) is 0 Å². The average molecular weight is 263 g/mol. The van der Waals surface area contributed by atoms with Gasteiger partial charge in [0, 0.05) is 6.04 Å². The molecule has 0 saturated heterocycles. The number of benzene rings is 1. The second kappa shape index (κ2) is 6.04. The summed E-state index contributed by atoms with van der Waals surface area (Å²) in [4.78, 5) is 4.14. The molecular formula is C15H22FN3. The Kier molecular flexibility index (Phi) is 4.40. The molecule has 0 amide bonds. The number of para-hydroxylation sites is 1. The van der Waals surface area contributed by atoms with Crippen molar-refractivity contribution in [1.29, 1.82) is 0 Å². The van der Waals surface area contributed by atoms with E-state index < -0.39 is 0 Å². The Balaban J connectivity index is 2.19. The molecule has 1 aromatic heterocycles. The van der Waals surface area contributed by atoms with Crippen LogP contribution in [0.4, 0.5) is 10.3 Å². The Labute approximate surface area is 113 Å². The smallest absolute Gasteiger partial charge is 0.201 e. The Morgan fingerprint density at radius 1 is 1.32 bits per heavy atom. The highest BCUT2D eigenvalue weighted by Crippen LogP contribution is 2.27. The number of nitrogen functional groups attached to an aromatic ring is 1. The maximum Gasteiger partial charge on any atom is 0.201 e. The highest BCUT2D eigenvalue weighted by Gasteiger charge is 2.15. The molecule has 2 aromatic rings. The normalized spacial score (nSPS) is 13.0.